The van der Waals surface area contributed by atoms with Crippen molar-refractivity contribution in [3.05, 3.63) is 23.3 Å². The van der Waals surface area contributed by atoms with E-state index in [1.165, 1.54) is 32.4 Å². The van der Waals surface area contributed by atoms with Gasteiger partial charge in [-0.3, -0.25) is 0 Å². The van der Waals surface area contributed by atoms with Gasteiger partial charge in [-0.15, -0.1) is 0 Å². The lowest BCUT2D eigenvalue weighted by atomic mass is 9.98. The zero-order valence-electron chi connectivity index (χ0n) is 11.5. The van der Waals surface area contributed by atoms with Crippen molar-refractivity contribution in [2.45, 2.75) is 31.2 Å². The Bertz CT molecular complexity index is 571. The molecule has 0 saturated heterocycles. The van der Waals surface area contributed by atoms with Crippen LogP contribution in [-0.4, -0.2) is 20.3 Å². The zero-order valence-corrected chi connectivity index (χ0v) is 11.5. The fourth-order valence-corrected chi connectivity index (χ4v) is 2.21. The summed E-state index contributed by atoms with van der Waals surface area (Å²) in [5, 5.41) is 0. The second-order valence-corrected chi connectivity index (χ2v) is 4.88. The number of rotatable bonds is 5. The fourth-order valence-electron chi connectivity index (χ4n) is 2.21. The summed E-state index contributed by atoms with van der Waals surface area (Å²) in [5.41, 5.74) is -0.557. The lowest BCUT2D eigenvalue weighted by molar-refractivity contribution is 0.0171. The van der Waals surface area contributed by atoms with E-state index in [2.05, 4.69) is 4.99 Å². The van der Waals surface area contributed by atoms with Crippen molar-refractivity contribution in [2.75, 3.05) is 14.2 Å². The van der Waals surface area contributed by atoms with Gasteiger partial charge in [0.05, 0.1) is 14.2 Å². The Morgan fingerprint density at radius 1 is 1.30 bits per heavy atom. The maximum absolute atomic E-state index is 13.6. The molecule has 0 heterocycles. The van der Waals surface area contributed by atoms with E-state index in [0.717, 1.165) is 6.92 Å². The highest BCUT2D eigenvalue weighted by Gasteiger charge is 2.48. The fraction of sp³-hybridized carbons (Fsp3) is 0.500. The summed E-state index contributed by atoms with van der Waals surface area (Å²) in [6.07, 6.45) is 2.70. The molecule has 2 rings (SSSR count). The van der Waals surface area contributed by atoms with E-state index >= 15 is 0 Å². The first-order chi connectivity index (χ1) is 9.38. The number of isocyanates is 1. The molecule has 1 aliphatic carbocycles. The third kappa shape index (κ3) is 2.39. The summed E-state index contributed by atoms with van der Waals surface area (Å²) < 4.78 is 37.5. The van der Waals surface area contributed by atoms with Crippen LogP contribution < -0.4 is 9.47 Å². The molecule has 0 amide bonds. The third-order valence-corrected chi connectivity index (χ3v) is 3.47. The number of hydrogen-bond donors (Lipinski definition) is 0. The van der Waals surface area contributed by atoms with Crippen LogP contribution >= 0.6 is 0 Å². The minimum Gasteiger partial charge on any atom is -0.493 e. The van der Waals surface area contributed by atoms with Crippen molar-refractivity contribution in [2.24, 2.45) is 4.99 Å². The summed E-state index contributed by atoms with van der Waals surface area (Å²) >= 11 is 0. The van der Waals surface area contributed by atoms with Gasteiger partial charge in [-0.05, 0) is 25.0 Å². The summed E-state index contributed by atoms with van der Waals surface area (Å²) in [7, 11) is 2.80. The molecule has 0 unspecified atom stereocenters. The molecule has 20 heavy (non-hydrogen) atoms. The third-order valence-electron chi connectivity index (χ3n) is 3.47. The molecule has 0 bridgehead atoms. The standard InChI is InChI=1S/C14H15F2NO3/c1-13(15,16)9-6-10(14(4-5-14)17-8-18)12(20-3)11(7-9)19-2/h6-7H,4-5H2,1-3H3. The lowest BCUT2D eigenvalue weighted by Gasteiger charge is -2.20. The molecule has 0 aromatic heterocycles. The molecular formula is C14H15F2NO3. The van der Waals surface area contributed by atoms with Crippen molar-refractivity contribution in [3.63, 3.8) is 0 Å². The molecule has 1 saturated carbocycles. The van der Waals surface area contributed by atoms with Crippen LogP contribution in [0.3, 0.4) is 0 Å². The van der Waals surface area contributed by atoms with Gasteiger partial charge >= 0.3 is 0 Å². The molecular weight excluding hydrogens is 268 g/mol. The van der Waals surface area contributed by atoms with Crippen LogP contribution in [0.2, 0.25) is 0 Å². The molecule has 1 fully saturated rings. The van der Waals surface area contributed by atoms with Gasteiger partial charge in [-0.1, -0.05) is 0 Å². The molecule has 0 N–H and O–H groups in total. The van der Waals surface area contributed by atoms with E-state index in [1.807, 2.05) is 0 Å². The summed E-state index contributed by atoms with van der Waals surface area (Å²) in [6.45, 7) is 0.806. The largest absolute Gasteiger partial charge is 0.493 e. The van der Waals surface area contributed by atoms with Crippen molar-refractivity contribution in [3.8, 4) is 11.5 Å². The van der Waals surface area contributed by atoms with Crippen molar-refractivity contribution >= 4 is 6.08 Å². The Kier molecular flexibility index (Phi) is 3.52. The first kappa shape index (κ1) is 14.5. The number of benzene rings is 1. The van der Waals surface area contributed by atoms with Crippen molar-refractivity contribution in [1.82, 2.24) is 0 Å². The van der Waals surface area contributed by atoms with Gasteiger partial charge < -0.3 is 9.47 Å². The highest BCUT2D eigenvalue weighted by Crippen LogP contribution is 2.55. The van der Waals surface area contributed by atoms with Crippen LogP contribution in [0, 0.1) is 0 Å². The van der Waals surface area contributed by atoms with Gasteiger partial charge in [0.15, 0.2) is 11.5 Å². The monoisotopic (exact) mass is 283 g/mol. The topological polar surface area (TPSA) is 47.9 Å². The molecule has 108 valence electrons. The van der Waals surface area contributed by atoms with Gasteiger partial charge in [0.25, 0.3) is 5.92 Å². The normalized spacial score (nSPS) is 16.2. The van der Waals surface area contributed by atoms with E-state index in [0.29, 0.717) is 24.2 Å². The molecule has 0 spiro atoms. The van der Waals surface area contributed by atoms with Crippen LogP contribution in [0.1, 0.15) is 30.9 Å². The lowest BCUT2D eigenvalue weighted by Crippen LogP contribution is -2.13. The van der Waals surface area contributed by atoms with Gasteiger partial charge in [0, 0.05) is 18.1 Å². The second kappa shape index (κ2) is 4.87. The van der Waals surface area contributed by atoms with Gasteiger partial charge in [0.1, 0.15) is 5.54 Å². The number of carbonyl (C=O) groups excluding carboxylic acids is 1. The van der Waals surface area contributed by atoms with Crippen LogP contribution in [0.5, 0.6) is 11.5 Å². The van der Waals surface area contributed by atoms with E-state index in [9.17, 15) is 13.6 Å². The average molecular weight is 283 g/mol. The second-order valence-electron chi connectivity index (χ2n) is 4.88. The maximum atomic E-state index is 13.6. The van der Waals surface area contributed by atoms with Crippen molar-refractivity contribution in [1.29, 1.82) is 0 Å². The van der Waals surface area contributed by atoms with Crippen LogP contribution in [-0.2, 0) is 16.3 Å². The first-order valence-corrected chi connectivity index (χ1v) is 6.12. The number of aliphatic imine (C=N–C) groups is 1. The van der Waals surface area contributed by atoms with Crippen molar-refractivity contribution < 1.29 is 23.0 Å². The predicted octanol–water partition coefficient (Wildman–Crippen LogP) is 3.14. The van der Waals surface area contributed by atoms with E-state index < -0.39 is 11.5 Å². The Morgan fingerprint density at radius 2 is 1.95 bits per heavy atom. The minimum absolute atomic E-state index is 0.197. The molecule has 1 aromatic carbocycles. The SMILES string of the molecule is COc1cc(C(C)(F)F)cc(C2(N=C=O)CC2)c1OC. The van der Waals surface area contributed by atoms with E-state index in [-0.39, 0.29) is 11.3 Å². The van der Waals surface area contributed by atoms with E-state index in [4.69, 9.17) is 9.47 Å². The van der Waals surface area contributed by atoms with Gasteiger partial charge in [-0.2, -0.15) is 4.99 Å². The Balaban J connectivity index is 2.68. The number of alkyl halides is 2. The van der Waals surface area contributed by atoms with Crippen LogP contribution in [0.15, 0.2) is 17.1 Å². The zero-order chi connectivity index (χ0) is 15.0. The highest BCUT2D eigenvalue weighted by molar-refractivity contribution is 5.56. The Morgan fingerprint density at radius 3 is 2.35 bits per heavy atom. The summed E-state index contributed by atoms with van der Waals surface area (Å²) in [5.74, 6) is -2.49. The Hall–Kier alpha value is -1.94. The molecule has 0 atom stereocenters. The molecule has 1 aromatic rings. The summed E-state index contributed by atoms with van der Waals surface area (Å²) in [6, 6.07) is 2.57. The Labute approximate surface area is 115 Å². The van der Waals surface area contributed by atoms with Crippen LogP contribution in [0.25, 0.3) is 0 Å². The molecule has 1 aliphatic rings. The van der Waals surface area contributed by atoms with E-state index in [1.54, 1.807) is 0 Å². The molecule has 0 radical (unpaired) electrons. The minimum atomic E-state index is -3.02. The number of nitrogens with zero attached hydrogens (tertiary/aromatic N) is 1. The highest BCUT2D eigenvalue weighted by atomic mass is 19.3. The average Bonchev–Trinajstić information content (AvgIpc) is 3.17. The number of ether oxygens (including phenoxy) is 2. The smallest absolute Gasteiger partial charge is 0.270 e. The molecule has 0 aliphatic heterocycles. The molecule has 6 heteroatoms. The quantitative estimate of drug-likeness (QED) is 0.616. The predicted molar refractivity (Wildman–Crippen MR) is 68.1 cm³/mol. The van der Waals surface area contributed by atoms with Gasteiger partial charge in [-0.25, -0.2) is 13.6 Å². The summed E-state index contributed by atoms with van der Waals surface area (Å²) in [4.78, 5) is 14.3. The first-order valence-electron chi connectivity index (χ1n) is 6.12. The van der Waals surface area contributed by atoms with Crippen LogP contribution in [0.4, 0.5) is 8.78 Å². The number of halogens is 2. The number of hydrogen-bond acceptors (Lipinski definition) is 4. The number of methoxy groups -OCH3 is 2. The van der Waals surface area contributed by atoms with Gasteiger partial charge in [0.2, 0.25) is 6.08 Å². The maximum Gasteiger partial charge on any atom is 0.270 e. The molecule has 4 nitrogen and oxygen atoms in total.